The lowest BCUT2D eigenvalue weighted by atomic mass is 9.97. The van der Waals surface area contributed by atoms with E-state index < -0.39 is 0 Å². The second kappa shape index (κ2) is 7.58. The van der Waals surface area contributed by atoms with Crippen molar-refractivity contribution in [3.63, 3.8) is 0 Å². The van der Waals surface area contributed by atoms with Gasteiger partial charge in [0.1, 0.15) is 5.82 Å². The molecule has 2 aromatic rings. The van der Waals surface area contributed by atoms with Gasteiger partial charge in [0.25, 0.3) is 0 Å². The molecule has 2 aromatic carbocycles. The van der Waals surface area contributed by atoms with Gasteiger partial charge in [0.05, 0.1) is 0 Å². The molecule has 0 aliphatic heterocycles. The Kier molecular flexibility index (Phi) is 5.77. The summed E-state index contributed by atoms with van der Waals surface area (Å²) in [4.78, 5) is 0. The maximum absolute atomic E-state index is 13.8. The third kappa shape index (κ3) is 4.55. The van der Waals surface area contributed by atoms with E-state index in [1.165, 1.54) is 17.2 Å². The van der Waals surface area contributed by atoms with E-state index >= 15 is 0 Å². The van der Waals surface area contributed by atoms with Crippen LogP contribution in [0.15, 0.2) is 42.5 Å². The summed E-state index contributed by atoms with van der Waals surface area (Å²) in [6.07, 6.45) is 2.60. The Hall–Kier alpha value is -1.38. The van der Waals surface area contributed by atoms with Gasteiger partial charge >= 0.3 is 0 Å². The van der Waals surface area contributed by atoms with Crippen molar-refractivity contribution in [2.75, 3.05) is 7.05 Å². The highest BCUT2D eigenvalue weighted by Crippen LogP contribution is 2.18. The van der Waals surface area contributed by atoms with Crippen LogP contribution in [0.25, 0.3) is 0 Å². The van der Waals surface area contributed by atoms with Crippen LogP contribution in [0.4, 0.5) is 4.39 Å². The van der Waals surface area contributed by atoms with Crippen molar-refractivity contribution in [2.45, 2.75) is 32.2 Å². The van der Waals surface area contributed by atoms with Gasteiger partial charge in [-0.05, 0) is 68.1 Å². The van der Waals surface area contributed by atoms with Crippen molar-refractivity contribution in [3.8, 4) is 0 Å². The van der Waals surface area contributed by atoms with Crippen LogP contribution in [0.2, 0.25) is 5.02 Å². The number of aryl methyl sites for hydroxylation is 2. The molecule has 0 heterocycles. The monoisotopic (exact) mass is 305 g/mol. The van der Waals surface area contributed by atoms with Gasteiger partial charge in [-0.15, -0.1) is 0 Å². The van der Waals surface area contributed by atoms with Crippen molar-refractivity contribution in [2.24, 2.45) is 0 Å². The van der Waals surface area contributed by atoms with E-state index in [-0.39, 0.29) is 11.9 Å². The summed E-state index contributed by atoms with van der Waals surface area (Å²) in [6.45, 7) is 2.13. The van der Waals surface area contributed by atoms with Crippen LogP contribution in [0.1, 0.15) is 23.1 Å². The summed E-state index contributed by atoms with van der Waals surface area (Å²) in [5.41, 5.74) is 3.33. The molecular formula is C18H21ClFN. The maximum Gasteiger partial charge on any atom is 0.126 e. The molecule has 0 saturated carbocycles. The molecule has 1 nitrogen and oxygen atoms in total. The van der Waals surface area contributed by atoms with E-state index in [0.717, 1.165) is 12.8 Å². The van der Waals surface area contributed by atoms with Gasteiger partial charge in [-0.1, -0.05) is 35.9 Å². The molecule has 2 rings (SSSR count). The number of halogens is 2. The molecular weight excluding hydrogens is 285 g/mol. The molecule has 0 bridgehead atoms. The van der Waals surface area contributed by atoms with Crippen LogP contribution in [0.3, 0.4) is 0 Å². The molecule has 0 radical (unpaired) electrons. The first-order chi connectivity index (χ1) is 10.1. The van der Waals surface area contributed by atoms with Crippen molar-refractivity contribution in [1.29, 1.82) is 0 Å². The second-order valence-corrected chi connectivity index (χ2v) is 5.83. The zero-order chi connectivity index (χ0) is 15.2. The Morgan fingerprint density at radius 1 is 1.14 bits per heavy atom. The summed E-state index contributed by atoms with van der Waals surface area (Å²) in [6, 6.07) is 13.4. The Morgan fingerprint density at radius 2 is 1.90 bits per heavy atom. The zero-order valence-electron chi connectivity index (χ0n) is 12.5. The van der Waals surface area contributed by atoms with Crippen LogP contribution >= 0.6 is 11.6 Å². The van der Waals surface area contributed by atoms with Crippen molar-refractivity contribution in [3.05, 3.63) is 70.0 Å². The van der Waals surface area contributed by atoms with Gasteiger partial charge in [-0.25, -0.2) is 4.39 Å². The lowest BCUT2D eigenvalue weighted by Crippen LogP contribution is -2.28. The van der Waals surface area contributed by atoms with Crippen LogP contribution in [0, 0.1) is 12.7 Å². The number of nitrogens with one attached hydrogen (secondary N) is 1. The number of rotatable bonds is 6. The van der Waals surface area contributed by atoms with Gasteiger partial charge < -0.3 is 5.32 Å². The standard InChI is InChI=1S/C18H21ClFN/c1-13-5-3-4-6-14(13)7-9-17(21-2)12-15-11-16(19)8-10-18(15)20/h3-6,8,10-11,17,21H,7,9,12H2,1-2H3. The first kappa shape index (κ1) is 16.0. The van der Waals surface area contributed by atoms with Gasteiger partial charge in [-0.2, -0.15) is 0 Å². The van der Waals surface area contributed by atoms with Gasteiger partial charge in [0, 0.05) is 11.1 Å². The van der Waals surface area contributed by atoms with Gasteiger partial charge in [-0.3, -0.25) is 0 Å². The topological polar surface area (TPSA) is 12.0 Å². The molecule has 0 spiro atoms. The lowest BCUT2D eigenvalue weighted by molar-refractivity contribution is 0.504. The highest BCUT2D eigenvalue weighted by molar-refractivity contribution is 6.30. The van der Waals surface area contributed by atoms with Gasteiger partial charge in [0.15, 0.2) is 0 Å². The van der Waals surface area contributed by atoms with Crippen LogP contribution < -0.4 is 5.32 Å². The third-order valence-electron chi connectivity index (χ3n) is 3.91. The number of hydrogen-bond acceptors (Lipinski definition) is 1. The molecule has 1 unspecified atom stereocenters. The smallest absolute Gasteiger partial charge is 0.126 e. The highest BCUT2D eigenvalue weighted by atomic mass is 35.5. The first-order valence-electron chi connectivity index (χ1n) is 7.26. The average molecular weight is 306 g/mol. The molecule has 0 saturated heterocycles. The molecule has 1 atom stereocenters. The molecule has 0 aromatic heterocycles. The van der Waals surface area contributed by atoms with Crippen LogP contribution in [0.5, 0.6) is 0 Å². The molecule has 0 aliphatic rings. The summed E-state index contributed by atoms with van der Waals surface area (Å²) < 4.78 is 13.8. The van der Waals surface area contributed by atoms with E-state index in [2.05, 4.69) is 36.5 Å². The molecule has 1 N–H and O–H groups in total. The predicted molar refractivity (Wildman–Crippen MR) is 87.5 cm³/mol. The Morgan fingerprint density at radius 3 is 2.62 bits per heavy atom. The summed E-state index contributed by atoms with van der Waals surface area (Å²) in [5, 5.41) is 3.86. The summed E-state index contributed by atoms with van der Waals surface area (Å²) in [7, 11) is 1.92. The molecule has 0 aliphatic carbocycles. The fourth-order valence-corrected chi connectivity index (χ4v) is 2.73. The third-order valence-corrected chi connectivity index (χ3v) is 4.14. The minimum atomic E-state index is -0.185. The lowest BCUT2D eigenvalue weighted by Gasteiger charge is -2.17. The molecule has 0 fully saturated rings. The van der Waals surface area contributed by atoms with Crippen molar-refractivity contribution < 1.29 is 4.39 Å². The molecule has 21 heavy (non-hydrogen) atoms. The number of hydrogen-bond donors (Lipinski definition) is 1. The fraction of sp³-hybridized carbons (Fsp3) is 0.333. The molecule has 112 valence electrons. The summed E-state index contributed by atoms with van der Waals surface area (Å²) >= 11 is 5.95. The van der Waals surface area contributed by atoms with E-state index in [1.54, 1.807) is 12.1 Å². The largest absolute Gasteiger partial charge is 0.317 e. The van der Waals surface area contributed by atoms with E-state index in [0.29, 0.717) is 17.0 Å². The Bertz CT molecular complexity index is 598. The zero-order valence-corrected chi connectivity index (χ0v) is 13.3. The maximum atomic E-state index is 13.8. The van der Waals surface area contributed by atoms with E-state index in [4.69, 9.17) is 11.6 Å². The minimum absolute atomic E-state index is 0.185. The highest BCUT2D eigenvalue weighted by Gasteiger charge is 2.12. The van der Waals surface area contributed by atoms with Crippen LogP contribution in [-0.2, 0) is 12.8 Å². The normalized spacial score (nSPS) is 12.4. The minimum Gasteiger partial charge on any atom is -0.317 e. The van der Waals surface area contributed by atoms with E-state index in [9.17, 15) is 4.39 Å². The van der Waals surface area contributed by atoms with Crippen molar-refractivity contribution in [1.82, 2.24) is 5.32 Å². The molecule has 3 heteroatoms. The number of benzene rings is 2. The molecule has 0 amide bonds. The quantitative estimate of drug-likeness (QED) is 0.825. The predicted octanol–water partition coefficient (Wildman–Crippen LogP) is 4.55. The Labute approximate surface area is 131 Å². The second-order valence-electron chi connectivity index (χ2n) is 5.39. The average Bonchev–Trinajstić information content (AvgIpc) is 2.48. The van der Waals surface area contributed by atoms with Gasteiger partial charge in [0.2, 0.25) is 0 Å². The number of likely N-dealkylation sites (N-methyl/N-ethyl adjacent to an activating group) is 1. The van der Waals surface area contributed by atoms with E-state index in [1.807, 2.05) is 7.05 Å². The first-order valence-corrected chi connectivity index (χ1v) is 7.63. The SMILES string of the molecule is CNC(CCc1ccccc1C)Cc1cc(Cl)ccc1F. The van der Waals surface area contributed by atoms with Crippen molar-refractivity contribution >= 4 is 11.6 Å². The summed E-state index contributed by atoms with van der Waals surface area (Å²) in [5.74, 6) is -0.185. The fourth-order valence-electron chi connectivity index (χ4n) is 2.53. The Balaban J connectivity index is 2.00. The van der Waals surface area contributed by atoms with Crippen LogP contribution in [-0.4, -0.2) is 13.1 Å².